The third-order valence-corrected chi connectivity index (χ3v) is 6.90. The summed E-state index contributed by atoms with van der Waals surface area (Å²) in [7, 11) is 0. The summed E-state index contributed by atoms with van der Waals surface area (Å²) >= 11 is 0. The van der Waals surface area contributed by atoms with E-state index in [-0.39, 0.29) is 11.8 Å². The maximum absolute atomic E-state index is 11.7. The Balaban J connectivity index is 1.38. The van der Waals surface area contributed by atoms with Gasteiger partial charge in [-0.25, -0.2) is 0 Å². The molecule has 1 saturated heterocycles. The monoisotopic (exact) mass is 386 g/mol. The second-order valence-electron chi connectivity index (χ2n) is 8.62. The Labute approximate surface area is 170 Å². The highest BCUT2D eigenvalue weighted by atomic mass is 16.3. The van der Waals surface area contributed by atoms with Crippen LogP contribution in [0.25, 0.3) is 10.8 Å². The van der Waals surface area contributed by atoms with E-state index in [0.29, 0.717) is 5.56 Å². The van der Waals surface area contributed by atoms with Gasteiger partial charge in [-0.05, 0) is 52.9 Å². The highest BCUT2D eigenvalue weighted by Gasteiger charge is 2.53. The molecule has 5 rings (SSSR count). The van der Waals surface area contributed by atoms with Crippen molar-refractivity contribution in [2.75, 3.05) is 13.1 Å². The predicted octanol–water partition coefficient (Wildman–Crippen LogP) is 3.67. The first kappa shape index (κ1) is 18.3. The molecule has 2 aliphatic rings. The normalized spacial score (nSPS) is 26.7. The number of hydrogen-bond donors (Lipinski definition) is 2. The average molecular weight is 386 g/mol. The summed E-state index contributed by atoms with van der Waals surface area (Å²) in [5, 5.41) is 14.2. The van der Waals surface area contributed by atoms with Gasteiger partial charge >= 0.3 is 0 Å². The number of nitrogens with zero attached hydrogens (tertiary/aromatic N) is 1. The van der Waals surface area contributed by atoms with E-state index in [0.717, 1.165) is 38.0 Å². The lowest BCUT2D eigenvalue weighted by atomic mass is 9.75. The molecule has 1 heterocycles. The highest BCUT2D eigenvalue weighted by molar-refractivity contribution is 5.93. The Morgan fingerprint density at radius 2 is 1.69 bits per heavy atom. The zero-order valence-corrected chi connectivity index (χ0v) is 16.4. The van der Waals surface area contributed by atoms with Crippen LogP contribution < -0.4 is 5.73 Å². The minimum Gasteiger partial charge on any atom is -0.384 e. The Morgan fingerprint density at radius 1 is 0.966 bits per heavy atom. The van der Waals surface area contributed by atoms with E-state index >= 15 is 0 Å². The van der Waals surface area contributed by atoms with E-state index in [9.17, 15) is 9.90 Å². The number of rotatable bonds is 4. The van der Waals surface area contributed by atoms with Gasteiger partial charge < -0.3 is 10.8 Å². The van der Waals surface area contributed by atoms with Crippen molar-refractivity contribution in [3.05, 3.63) is 83.4 Å². The summed E-state index contributed by atoms with van der Waals surface area (Å²) in [4.78, 5) is 14.1. The van der Waals surface area contributed by atoms with Gasteiger partial charge in [0.1, 0.15) is 0 Å². The van der Waals surface area contributed by atoms with Crippen LogP contribution in [0.15, 0.2) is 66.7 Å². The van der Waals surface area contributed by atoms with Crippen LogP contribution in [-0.2, 0) is 12.1 Å². The topological polar surface area (TPSA) is 66.6 Å². The van der Waals surface area contributed by atoms with Crippen LogP contribution in [0.1, 0.15) is 34.3 Å². The first-order chi connectivity index (χ1) is 14.0. The number of amides is 1. The molecular formula is C25H26N2O2. The summed E-state index contributed by atoms with van der Waals surface area (Å²) in [6.07, 6.45) is 2.02. The van der Waals surface area contributed by atoms with Crippen molar-refractivity contribution in [3.8, 4) is 0 Å². The fraction of sp³-hybridized carbons (Fsp3) is 0.320. The number of primary amides is 1. The molecule has 4 nitrogen and oxygen atoms in total. The molecule has 3 N–H and O–H groups in total. The number of piperidine rings is 1. The number of nitrogens with two attached hydrogens (primary N) is 1. The molecule has 0 spiro atoms. The van der Waals surface area contributed by atoms with Crippen LogP contribution in [0.4, 0.5) is 0 Å². The number of likely N-dealkylation sites (tertiary alicyclic amines) is 1. The largest absolute Gasteiger partial charge is 0.384 e. The van der Waals surface area contributed by atoms with Crippen molar-refractivity contribution in [1.29, 1.82) is 0 Å². The Bertz CT molecular complexity index is 1060. The molecule has 1 saturated carbocycles. The molecule has 2 fully saturated rings. The fourth-order valence-corrected chi connectivity index (χ4v) is 5.45. The van der Waals surface area contributed by atoms with Crippen molar-refractivity contribution in [3.63, 3.8) is 0 Å². The van der Waals surface area contributed by atoms with Crippen LogP contribution in [0, 0.1) is 11.8 Å². The SMILES string of the molecule is NC(=O)c1cccc(C2(O)C3CCC2CN(Cc2ccc4ccccc4c2)C3)c1. The molecule has 3 aromatic rings. The Kier molecular flexibility index (Phi) is 4.41. The van der Waals surface area contributed by atoms with Gasteiger partial charge in [-0.2, -0.15) is 0 Å². The standard InChI is InChI=1S/C25H26N2O2/c26-24(28)20-6-3-7-21(13-20)25(29)22-10-11-23(25)16-27(15-22)14-17-8-9-18-4-1-2-5-19(18)12-17/h1-9,12-13,22-23,29H,10-11,14-16H2,(H2,26,28). The third-order valence-electron chi connectivity index (χ3n) is 6.90. The molecule has 3 aromatic carbocycles. The van der Waals surface area contributed by atoms with Gasteiger partial charge in [0.15, 0.2) is 0 Å². The number of hydrogen-bond acceptors (Lipinski definition) is 3. The lowest BCUT2D eigenvalue weighted by Gasteiger charge is -2.45. The molecule has 148 valence electrons. The van der Waals surface area contributed by atoms with E-state index in [2.05, 4.69) is 47.4 Å². The summed E-state index contributed by atoms with van der Waals surface area (Å²) in [5.41, 5.74) is 7.20. The van der Waals surface area contributed by atoms with Crippen molar-refractivity contribution >= 4 is 16.7 Å². The van der Waals surface area contributed by atoms with E-state index in [1.54, 1.807) is 12.1 Å². The zero-order chi connectivity index (χ0) is 20.0. The molecular weight excluding hydrogens is 360 g/mol. The minimum absolute atomic E-state index is 0.171. The van der Waals surface area contributed by atoms with Crippen LogP contribution in [0.5, 0.6) is 0 Å². The van der Waals surface area contributed by atoms with Gasteiger partial charge in [0.2, 0.25) is 5.91 Å². The third kappa shape index (κ3) is 3.13. The number of benzene rings is 3. The number of fused-ring (bicyclic) bond motifs is 3. The molecule has 0 aromatic heterocycles. The molecule has 2 unspecified atom stereocenters. The van der Waals surface area contributed by atoms with Crippen molar-refractivity contribution in [2.24, 2.45) is 17.6 Å². The molecule has 1 amide bonds. The van der Waals surface area contributed by atoms with E-state index in [4.69, 9.17) is 5.73 Å². The van der Waals surface area contributed by atoms with Gasteiger partial charge in [-0.1, -0.05) is 48.5 Å². The number of aliphatic hydroxyl groups is 1. The van der Waals surface area contributed by atoms with Crippen LogP contribution >= 0.6 is 0 Å². The molecule has 4 heteroatoms. The molecule has 2 atom stereocenters. The van der Waals surface area contributed by atoms with Gasteiger partial charge in [0.25, 0.3) is 0 Å². The number of carbonyl (C=O) groups is 1. The summed E-state index contributed by atoms with van der Waals surface area (Å²) in [6.45, 7) is 2.62. The van der Waals surface area contributed by atoms with Gasteiger partial charge in [-0.3, -0.25) is 9.69 Å². The zero-order valence-electron chi connectivity index (χ0n) is 16.4. The second kappa shape index (κ2) is 6.97. The predicted molar refractivity (Wildman–Crippen MR) is 114 cm³/mol. The molecule has 29 heavy (non-hydrogen) atoms. The maximum atomic E-state index is 11.7. The Morgan fingerprint density at radius 3 is 2.41 bits per heavy atom. The van der Waals surface area contributed by atoms with Gasteiger partial charge in [0.05, 0.1) is 5.60 Å². The van der Waals surface area contributed by atoms with Gasteiger partial charge in [-0.15, -0.1) is 0 Å². The average Bonchev–Trinajstić information content (AvgIpc) is 2.91. The molecule has 1 aliphatic heterocycles. The lowest BCUT2D eigenvalue weighted by molar-refractivity contribution is -0.0914. The van der Waals surface area contributed by atoms with E-state index in [1.807, 2.05) is 12.1 Å². The molecule has 1 aliphatic carbocycles. The van der Waals surface area contributed by atoms with Crippen LogP contribution in [-0.4, -0.2) is 29.0 Å². The van der Waals surface area contributed by atoms with Crippen LogP contribution in [0.2, 0.25) is 0 Å². The number of carbonyl (C=O) groups excluding carboxylic acids is 1. The first-order valence-electron chi connectivity index (χ1n) is 10.4. The summed E-state index contributed by atoms with van der Waals surface area (Å²) < 4.78 is 0. The van der Waals surface area contributed by atoms with Crippen molar-refractivity contribution < 1.29 is 9.90 Å². The van der Waals surface area contributed by atoms with Crippen molar-refractivity contribution in [1.82, 2.24) is 4.90 Å². The van der Waals surface area contributed by atoms with E-state index in [1.165, 1.54) is 16.3 Å². The van der Waals surface area contributed by atoms with Crippen LogP contribution in [0.3, 0.4) is 0 Å². The van der Waals surface area contributed by atoms with Crippen molar-refractivity contribution in [2.45, 2.75) is 25.0 Å². The summed E-state index contributed by atoms with van der Waals surface area (Å²) in [5.74, 6) is -0.105. The quantitative estimate of drug-likeness (QED) is 0.719. The molecule has 0 radical (unpaired) electrons. The Hall–Kier alpha value is -2.69. The lowest BCUT2D eigenvalue weighted by Crippen LogP contribution is -2.51. The maximum Gasteiger partial charge on any atom is 0.248 e. The molecule has 2 bridgehead atoms. The first-order valence-corrected chi connectivity index (χ1v) is 10.4. The van der Waals surface area contributed by atoms with E-state index < -0.39 is 11.5 Å². The fourth-order valence-electron chi connectivity index (χ4n) is 5.45. The summed E-state index contributed by atoms with van der Waals surface area (Å²) in [6, 6.07) is 22.4. The second-order valence-corrected chi connectivity index (χ2v) is 8.62. The highest BCUT2D eigenvalue weighted by Crippen LogP contribution is 2.51. The minimum atomic E-state index is -0.870. The van der Waals surface area contributed by atoms with Gasteiger partial charge in [0, 0.05) is 37.0 Å². The smallest absolute Gasteiger partial charge is 0.248 e.